The Labute approximate surface area is 165 Å². The van der Waals surface area contributed by atoms with Crippen molar-refractivity contribution in [1.29, 1.82) is 0 Å². The Bertz CT molecular complexity index is 802. The highest BCUT2D eigenvalue weighted by Crippen LogP contribution is 2.44. The number of rotatable bonds is 7. The Morgan fingerprint density at radius 2 is 1.92 bits per heavy atom. The van der Waals surface area contributed by atoms with Gasteiger partial charge in [-0.25, -0.2) is 4.98 Å². The van der Waals surface area contributed by atoms with Gasteiger partial charge in [0, 0.05) is 5.56 Å². The summed E-state index contributed by atoms with van der Waals surface area (Å²) in [6.07, 6.45) is 4.73. The van der Waals surface area contributed by atoms with Gasteiger partial charge in [0.05, 0.1) is 20.6 Å². The molecule has 0 aliphatic rings. The third-order valence-corrected chi connectivity index (χ3v) is 6.73. The molecule has 134 valence electrons. The molecule has 0 saturated carbocycles. The van der Waals surface area contributed by atoms with E-state index >= 15 is 0 Å². The first-order valence-electron chi connectivity index (χ1n) is 8.57. The van der Waals surface area contributed by atoms with E-state index in [0.717, 1.165) is 51.5 Å². The van der Waals surface area contributed by atoms with Gasteiger partial charge < -0.3 is 0 Å². The number of aromatic nitrogens is 1. The van der Waals surface area contributed by atoms with E-state index in [1.807, 2.05) is 6.07 Å². The Morgan fingerprint density at radius 1 is 1.24 bits per heavy atom. The largest absolute Gasteiger partial charge is 0.236 e. The average molecular weight is 394 g/mol. The quantitative estimate of drug-likeness (QED) is 0.460. The number of benzene rings is 1. The van der Waals surface area contributed by atoms with Crippen LogP contribution in [0.4, 0.5) is 0 Å². The number of halogens is 2. The fraction of sp³-hybridized carbons (Fsp3) is 0.381. The first-order valence-corrected chi connectivity index (χ1v) is 10.1. The molecular formula is C21H25Cl2NS. The molecule has 25 heavy (non-hydrogen) atoms. The van der Waals surface area contributed by atoms with Crippen molar-refractivity contribution in [2.75, 3.05) is 0 Å². The van der Waals surface area contributed by atoms with E-state index in [1.54, 1.807) is 17.4 Å². The molecular weight excluding hydrogens is 369 g/mol. The van der Waals surface area contributed by atoms with Gasteiger partial charge in [0.2, 0.25) is 0 Å². The number of thiazole rings is 1. The molecule has 1 heterocycles. The van der Waals surface area contributed by atoms with Crippen LogP contribution in [0.15, 0.2) is 25.3 Å². The predicted octanol–water partition coefficient (Wildman–Crippen LogP) is 8.26. The molecule has 1 aromatic heterocycles. The van der Waals surface area contributed by atoms with Gasteiger partial charge in [0.25, 0.3) is 0 Å². The molecule has 0 aliphatic carbocycles. The number of hydrogen-bond acceptors (Lipinski definition) is 2. The van der Waals surface area contributed by atoms with Crippen molar-refractivity contribution in [2.45, 2.75) is 52.4 Å². The molecule has 1 nitrogen and oxygen atoms in total. The second-order valence-electron chi connectivity index (χ2n) is 6.82. The Balaban J connectivity index is 2.58. The van der Waals surface area contributed by atoms with E-state index in [4.69, 9.17) is 23.2 Å². The molecule has 1 aromatic carbocycles. The first kappa shape index (κ1) is 20.2. The van der Waals surface area contributed by atoms with Crippen LogP contribution in [0.2, 0.25) is 10.0 Å². The standard InChI is InChI=1S/C21H25Cl2NS/c1-7-10-13(4)20-24-16(8-2)19(25-20)14-11-12-15(18(23)17(14)22)21(5,6)9-3/h8,11-12H,2,4,7,9-10H2,1,3,5-6H3. The number of hydrogen-bond donors (Lipinski definition) is 0. The van der Waals surface area contributed by atoms with Crippen LogP contribution in [0.3, 0.4) is 0 Å². The van der Waals surface area contributed by atoms with E-state index in [2.05, 4.69) is 51.9 Å². The minimum absolute atomic E-state index is 0.0191. The van der Waals surface area contributed by atoms with Gasteiger partial charge in [-0.2, -0.15) is 0 Å². The summed E-state index contributed by atoms with van der Waals surface area (Å²) in [5.74, 6) is 0. The second kappa shape index (κ2) is 8.07. The molecule has 2 rings (SSSR count). The minimum atomic E-state index is -0.0191. The van der Waals surface area contributed by atoms with Gasteiger partial charge in [0.1, 0.15) is 5.01 Å². The predicted molar refractivity (Wildman–Crippen MR) is 115 cm³/mol. The summed E-state index contributed by atoms with van der Waals surface area (Å²) in [4.78, 5) is 5.68. The molecule has 0 spiro atoms. The van der Waals surface area contributed by atoms with Gasteiger partial charge in [-0.05, 0) is 35.5 Å². The molecule has 0 aliphatic heterocycles. The van der Waals surface area contributed by atoms with Crippen molar-refractivity contribution in [1.82, 2.24) is 4.98 Å². The van der Waals surface area contributed by atoms with E-state index < -0.39 is 0 Å². The van der Waals surface area contributed by atoms with Crippen molar-refractivity contribution in [2.24, 2.45) is 0 Å². The third kappa shape index (κ3) is 4.02. The first-order chi connectivity index (χ1) is 11.8. The summed E-state index contributed by atoms with van der Waals surface area (Å²) < 4.78 is 0. The number of allylic oxidation sites excluding steroid dienone is 1. The zero-order valence-corrected chi connectivity index (χ0v) is 17.7. The summed E-state index contributed by atoms with van der Waals surface area (Å²) in [6, 6.07) is 4.13. The van der Waals surface area contributed by atoms with Crippen molar-refractivity contribution in [3.8, 4) is 10.4 Å². The van der Waals surface area contributed by atoms with E-state index in [9.17, 15) is 0 Å². The molecule has 4 heteroatoms. The lowest BCUT2D eigenvalue weighted by Gasteiger charge is -2.25. The lowest BCUT2D eigenvalue weighted by Crippen LogP contribution is -2.16. The van der Waals surface area contributed by atoms with Crippen molar-refractivity contribution in [3.63, 3.8) is 0 Å². The Morgan fingerprint density at radius 3 is 2.48 bits per heavy atom. The highest BCUT2D eigenvalue weighted by molar-refractivity contribution is 7.16. The van der Waals surface area contributed by atoms with E-state index in [1.165, 1.54) is 0 Å². The molecule has 0 fully saturated rings. The third-order valence-electron chi connectivity index (χ3n) is 4.64. The highest BCUT2D eigenvalue weighted by atomic mass is 35.5. The van der Waals surface area contributed by atoms with Crippen LogP contribution in [0.1, 0.15) is 63.2 Å². The Kier molecular flexibility index (Phi) is 6.53. The monoisotopic (exact) mass is 393 g/mol. The van der Waals surface area contributed by atoms with Gasteiger partial charge in [-0.3, -0.25) is 0 Å². The average Bonchev–Trinajstić information content (AvgIpc) is 3.01. The molecule has 0 bridgehead atoms. The molecule has 0 N–H and O–H groups in total. The SMILES string of the molecule is C=Cc1nc(C(=C)CCC)sc1-c1ccc(C(C)(C)CC)c(Cl)c1Cl. The molecule has 0 atom stereocenters. The maximum Gasteiger partial charge on any atom is 0.119 e. The van der Waals surface area contributed by atoms with Crippen LogP contribution in [0, 0.1) is 0 Å². The zero-order chi connectivity index (χ0) is 18.8. The normalized spacial score (nSPS) is 11.6. The van der Waals surface area contributed by atoms with Crippen LogP contribution < -0.4 is 0 Å². The maximum absolute atomic E-state index is 6.67. The zero-order valence-electron chi connectivity index (χ0n) is 15.4. The van der Waals surface area contributed by atoms with Crippen molar-refractivity contribution >= 4 is 46.2 Å². The van der Waals surface area contributed by atoms with Gasteiger partial charge in [0.15, 0.2) is 0 Å². The molecule has 0 radical (unpaired) electrons. The minimum Gasteiger partial charge on any atom is -0.236 e. The van der Waals surface area contributed by atoms with Crippen molar-refractivity contribution < 1.29 is 0 Å². The fourth-order valence-electron chi connectivity index (χ4n) is 2.66. The Hall–Kier alpha value is -1.09. The van der Waals surface area contributed by atoms with Crippen LogP contribution in [-0.2, 0) is 5.41 Å². The summed E-state index contributed by atoms with van der Waals surface area (Å²) in [5, 5.41) is 2.15. The molecule has 0 saturated heterocycles. The van der Waals surface area contributed by atoms with Crippen LogP contribution in [0.25, 0.3) is 22.1 Å². The second-order valence-corrected chi connectivity index (χ2v) is 8.57. The molecule has 0 unspecified atom stereocenters. The van der Waals surface area contributed by atoms with Crippen LogP contribution in [-0.4, -0.2) is 4.98 Å². The lowest BCUT2D eigenvalue weighted by atomic mass is 9.82. The van der Waals surface area contributed by atoms with E-state index in [0.29, 0.717) is 10.0 Å². The highest BCUT2D eigenvalue weighted by Gasteiger charge is 2.25. The maximum atomic E-state index is 6.67. The molecule has 2 aromatic rings. The summed E-state index contributed by atoms with van der Waals surface area (Å²) >= 11 is 14.9. The van der Waals surface area contributed by atoms with Crippen LogP contribution >= 0.6 is 34.5 Å². The smallest absolute Gasteiger partial charge is 0.119 e. The lowest BCUT2D eigenvalue weighted by molar-refractivity contribution is 0.506. The summed E-state index contributed by atoms with van der Waals surface area (Å²) in [6.45, 7) is 16.7. The summed E-state index contributed by atoms with van der Waals surface area (Å²) in [7, 11) is 0. The topological polar surface area (TPSA) is 12.9 Å². The molecule has 0 amide bonds. The van der Waals surface area contributed by atoms with E-state index in [-0.39, 0.29) is 5.41 Å². The van der Waals surface area contributed by atoms with Gasteiger partial charge in [-0.15, -0.1) is 11.3 Å². The van der Waals surface area contributed by atoms with Crippen LogP contribution in [0.5, 0.6) is 0 Å². The van der Waals surface area contributed by atoms with Crippen molar-refractivity contribution in [3.05, 3.63) is 51.6 Å². The van der Waals surface area contributed by atoms with Gasteiger partial charge in [-0.1, -0.05) is 82.6 Å². The fourth-order valence-corrected chi connectivity index (χ4v) is 4.49. The number of nitrogens with zero attached hydrogens (tertiary/aromatic N) is 1. The summed E-state index contributed by atoms with van der Waals surface area (Å²) in [5.41, 5.74) is 3.84. The van der Waals surface area contributed by atoms with Gasteiger partial charge >= 0.3 is 0 Å².